The van der Waals surface area contributed by atoms with Crippen molar-refractivity contribution in [1.29, 1.82) is 0 Å². The van der Waals surface area contributed by atoms with Gasteiger partial charge in [-0.2, -0.15) is 0 Å². The van der Waals surface area contributed by atoms with Crippen molar-refractivity contribution in [1.82, 2.24) is 29.5 Å². The number of ether oxygens (including phenoxy) is 2. The van der Waals surface area contributed by atoms with Gasteiger partial charge in [0.25, 0.3) is 0 Å². The lowest BCUT2D eigenvalue weighted by Crippen LogP contribution is -2.25. The van der Waals surface area contributed by atoms with Gasteiger partial charge in [-0.05, 0) is 97.7 Å². The van der Waals surface area contributed by atoms with Crippen molar-refractivity contribution in [2.45, 2.75) is 92.8 Å². The molecule has 8 rings (SSSR count). The molecule has 2 atom stereocenters. The Morgan fingerprint density at radius 2 is 1.03 bits per heavy atom. The lowest BCUT2D eigenvalue weighted by molar-refractivity contribution is -0.155. The second-order valence-corrected chi connectivity index (χ2v) is 18.7. The van der Waals surface area contributed by atoms with Crippen LogP contribution in [0.15, 0.2) is 58.5 Å². The summed E-state index contributed by atoms with van der Waals surface area (Å²) < 4.78 is 14.5. The third-order valence-electron chi connectivity index (χ3n) is 10.1. The number of hydrogen-bond donors (Lipinski definition) is 0. The number of nitrogens with zero attached hydrogens (tertiary/aromatic N) is 8. The van der Waals surface area contributed by atoms with Crippen LogP contribution in [0.5, 0.6) is 0 Å². The first-order valence-corrected chi connectivity index (χ1v) is 21.4. The fraction of sp³-hybridized carbons (Fsp3) is 0.349. The molecular weight excluding hydrogens is 828 g/mol. The number of rotatable bonds is 6. The van der Waals surface area contributed by atoms with Gasteiger partial charge in [0, 0.05) is 42.1 Å². The number of carbonyl (C=O) groups is 2. The van der Waals surface area contributed by atoms with Gasteiger partial charge in [-0.25, -0.2) is 0 Å². The molecule has 16 heteroatoms. The quantitative estimate of drug-likeness (QED) is 0.151. The molecule has 0 saturated carbocycles. The average Bonchev–Trinajstić information content (AvgIpc) is 3.87. The van der Waals surface area contributed by atoms with Gasteiger partial charge in [0.2, 0.25) is 0 Å². The minimum atomic E-state index is -0.569. The van der Waals surface area contributed by atoms with Gasteiger partial charge in [0.05, 0.1) is 31.4 Å². The first-order valence-electron chi connectivity index (χ1n) is 19.0. The highest BCUT2D eigenvalue weighted by Gasteiger charge is 2.35. The van der Waals surface area contributed by atoms with Gasteiger partial charge < -0.3 is 9.47 Å². The molecule has 0 bridgehead atoms. The third kappa shape index (κ3) is 8.41. The summed E-state index contributed by atoms with van der Waals surface area (Å²) in [6.07, 6.45) is 0.179. The number of carbonyl (C=O) groups excluding carboxylic acids is 2. The molecule has 0 unspecified atom stereocenters. The Kier molecular flexibility index (Phi) is 11.8. The number of aryl methyl sites for hydroxylation is 4. The summed E-state index contributed by atoms with van der Waals surface area (Å²) in [6.45, 7) is 17.8. The predicted octanol–water partition coefficient (Wildman–Crippen LogP) is 9.89. The zero-order valence-electron chi connectivity index (χ0n) is 34.5. The normalized spacial score (nSPS) is 15.6. The summed E-state index contributed by atoms with van der Waals surface area (Å²) in [5.41, 5.74) is 7.37. The van der Waals surface area contributed by atoms with E-state index < -0.39 is 17.7 Å². The van der Waals surface area contributed by atoms with Crippen molar-refractivity contribution < 1.29 is 19.1 Å². The molecule has 0 radical (unpaired) electrons. The van der Waals surface area contributed by atoms with E-state index in [-0.39, 0.29) is 24.8 Å². The molecule has 6 aromatic rings. The summed E-state index contributed by atoms with van der Waals surface area (Å²) in [4.78, 5) is 37.2. The number of methoxy groups -OCH3 is 1. The molecule has 59 heavy (non-hydrogen) atoms. The molecule has 306 valence electrons. The van der Waals surface area contributed by atoms with E-state index in [1.807, 2.05) is 92.3 Å². The topological polar surface area (TPSA) is 139 Å². The van der Waals surface area contributed by atoms with Crippen molar-refractivity contribution >= 4 is 69.2 Å². The van der Waals surface area contributed by atoms with Gasteiger partial charge in [-0.15, -0.1) is 43.1 Å². The van der Waals surface area contributed by atoms with Crippen LogP contribution in [0.2, 0.25) is 10.0 Å². The highest BCUT2D eigenvalue weighted by molar-refractivity contribution is 7.15. The molecule has 6 heterocycles. The minimum Gasteiger partial charge on any atom is -0.469 e. The number of thiophene rings is 2. The van der Waals surface area contributed by atoms with E-state index in [9.17, 15) is 9.59 Å². The van der Waals surface area contributed by atoms with Crippen LogP contribution in [0.4, 0.5) is 0 Å². The smallest absolute Gasteiger partial charge is 0.308 e. The zero-order chi connectivity index (χ0) is 42.5. The molecule has 12 nitrogen and oxygen atoms in total. The standard InChI is InChI=1S/C23H25ClN4O2S.C20H19ClN4O2S/c1-12-13(2)31-22-19(12)20(15-7-9-16(24)10-8-15)25-17(11-18(29)30-23(4,5)6)21-27-26-14(3)28(21)22;1-10-11(2)28-20-17(10)18(13-5-7-14(21)8-6-13)22-15(9-16(26)27-4)19-24-23-12(3)25(19)20/h7-10,17H,11H2,1-6H3;5-8,15H,9H2,1-4H3/t17-;15-/m00/s1. The highest BCUT2D eigenvalue weighted by Crippen LogP contribution is 2.41. The van der Waals surface area contributed by atoms with Gasteiger partial charge >= 0.3 is 11.9 Å². The summed E-state index contributed by atoms with van der Waals surface area (Å²) >= 11 is 15.6. The van der Waals surface area contributed by atoms with Crippen LogP contribution < -0.4 is 0 Å². The molecule has 2 aliphatic heterocycles. The molecule has 0 N–H and O–H groups in total. The van der Waals surface area contributed by atoms with Crippen LogP contribution in [-0.4, -0.2) is 65.6 Å². The summed E-state index contributed by atoms with van der Waals surface area (Å²) in [5, 5.41) is 20.7. The molecule has 0 spiro atoms. The van der Waals surface area contributed by atoms with Crippen LogP contribution in [0.3, 0.4) is 0 Å². The summed E-state index contributed by atoms with van der Waals surface area (Å²) in [7, 11) is 1.38. The van der Waals surface area contributed by atoms with Gasteiger partial charge in [0.1, 0.15) is 39.3 Å². The van der Waals surface area contributed by atoms with Crippen molar-refractivity contribution in [2.75, 3.05) is 7.11 Å². The number of esters is 2. The zero-order valence-corrected chi connectivity index (χ0v) is 37.6. The van der Waals surface area contributed by atoms with E-state index in [0.717, 1.165) is 66.5 Å². The largest absolute Gasteiger partial charge is 0.469 e. The van der Waals surface area contributed by atoms with E-state index in [0.29, 0.717) is 21.7 Å². The second kappa shape index (κ2) is 16.6. The van der Waals surface area contributed by atoms with E-state index in [2.05, 4.69) is 48.1 Å². The average molecular weight is 872 g/mol. The van der Waals surface area contributed by atoms with Crippen molar-refractivity contribution in [3.05, 3.63) is 125 Å². The Morgan fingerprint density at radius 3 is 1.41 bits per heavy atom. The number of aliphatic imine (C=N–C) groups is 2. The maximum atomic E-state index is 12.7. The molecule has 0 fully saturated rings. The van der Waals surface area contributed by atoms with Gasteiger partial charge in [0.15, 0.2) is 11.6 Å². The van der Waals surface area contributed by atoms with E-state index in [4.69, 9.17) is 42.7 Å². The highest BCUT2D eigenvalue weighted by atomic mass is 35.5. The second-order valence-electron chi connectivity index (χ2n) is 15.4. The van der Waals surface area contributed by atoms with Crippen LogP contribution in [0.25, 0.3) is 10.0 Å². The molecular formula is C43H44Cl2N8O4S2. The van der Waals surface area contributed by atoms with Gasteiger partial charge in [-0.1, -0.05) is 47.5 Å². The van der Waals surface area contributed by atoms with Crippen LogP contribution >= 0.6 is 45.9 Å². The van der Waals surface area contributed by atoms with E-state index in [1.54, 1.807) is 22.7 Å². The summed E-state index contributed by atoms with van der Waals surface area (Å²) in [5.74, 6) is 2.17. The Morgan fingerprint density at radius 1 is 0.644 bits per heavy atom. The van der Waals surface area contributed by atoms with Gasteiger partial charge in [-0.3, -0.25) is 28.7 Å². The maximum absolute atomic E-state index is 12.7. The summed E-state index contributed by atoms with van der Waals surface area (Å²) in [6, 6.07) is 14.2. The van der Waals surface area contributed by atoms with Crippen molar-refractivity contribution in [3.63, 3.8) is 0 Å². The van der Waals surface area contributed by atoms with Crippen molar-refractivity contribution in [3.8, 4) is 10.0 Å². The maximum Gasteiger partial charge on any atom is 0.308 e. The molecule has 2 aliphatic rings. The Balaban J connectivity index is 0.000000180. The fourth-order valence-corrected chi connectivity index (χ4v) is 9.73. The molecule has 0 aliphatic carbocycles. The third-order valence-corrected chi connectivity index (χ3v) is 13.0. The number of halogens is 2. The van der Waals surface area contributed by atoms with E-state index in [1.165, 1.54) is 16.9 Å². The molecule has 4 aromatic heterocycles. The van der Waals surface area contributed by atoms with E-state index >= 15 is 0 Å². The lowest BCUT2D eigenvalue weighted by atomic mass is 9.99. The SMILES string of the molecule is COC(=O)C[C@@H]1N=C(c2ccc(Cl)cc2)c2c(sc(C)c2C)-n2c(C)nnc21.Cc1sc2c(c1C)C(c1ccc(Cl)cc1)=N[C@@H](CC(=O)OC(C)(C)C)c1nnc(C)n1-2. The molecule has 2 aromatic carbocycles. The predicted molar refractivity (Wildman–Crippen MR) is 234 cm³/mol. The number of aromatic nitrogens is 6. The Labute approximate surface area is 361 Å². The lowest BCUT2D eigenvalue weighted by Gasteiger charge is -2.21. The first-order chi connectivity index (χ1) is 27.9. The van der Waals surface area contributed by atoms with Crippen molar-refractivity contribution in [2.24, 2.45) is 9.98 Å². The molecule has 0 saturated heterocycles. The number of fused-ring (bicyclic) bond motifs is 6. The Hall–Kier alpha value is -5.02. The molecule has 0 amide bonds. The minimum absolute atomic E-state index is 0.0828. The van der Waals surface area contributed by atoms with Crippen LogP contribution in [0, 0.1) is 41.5 Å². The number of benzene rings is 2. The monoisotopic (exact) mass is 870 g/mol. The van der Waals surface area contributed by atoms with Crippen LogP contribution in [0.1, 0.15) is 112 Å². The Bertz CT molecular complexity index is 2650. The number of hydrogen-bond acceptors (Lipinski definition) is 12. The van der Waals surface area contributed by atoms with Crippen LogP contribution in [-0.2, 0) is 19.1 Å². The first kappa shape index (κ1) is 42.1. The fourth-order valence-electron chi connectivity index (χ4n) is 7.05.